The van der Waals surface area contributed by atoms with Gasteiger partial charge in [-0.2, -0.15) is 4.98 Å². The van der Waals surface area contributed by atoms with Crippen LogP contribution < -0.4 is 5.32 Å². The van der Waals surface area contributed by atoms with Crippen LogP contribution in [0.5, 0.6) is 0 Å². The zero-order valence-corrected chi connectivity index (χ0v) is 8.24. The Hall–Kier alpha value is -1.03. The van der Waals surface area contributed by atoms with Gasteiger partial charge in [-0.05, 0) is 27.2 Å². The van der Waals surface area contributed by atoms with Crippen LogP contribution in [-0.2, 0) is 0 Å². The third-order valence-corrected chi connectivity index (χ3v) is 1.68. The topological polar surface area (TPSA) is 58.3 Å². The molecule has 1 rings (SSSR count). The molecule has 2 atom stereocenters. The number of aromatic nitrogens is 1. The minimum Gasteiger partial charge on any atom is -0.432 e. The minimum absolute atomic E-state index is 0.165. The van der Waals surface area contributed by atoms with Crippen LogP contribution in [0.15, 0.2) is 10.7 Å². The number of nitrogens with zero attached hydrogens (tertiary/aromatic N) is 1. The van der Waals surface area contributed by atoms with E-state index in [1.807, 2.05) is 13.8 Å². The van der Waals surface area contributed by atoms with E-state index in [9.17, 15) is 0 Å². The highest BCUT2D eigenvalue weighted by atomic mass is 16.4. The highest BCUT2D eigenvalue weighted by Crippen LogP contribution is 2.09. The van der Waals surface area contributed by atoms with Gasteiger partial charge in [0.15, 0.2) is 0 Å². The molecule has 4 heteroatoms. The quantitative estimate of drug-likeness (QED) is 0.745. The van der Waals surface area contributed by atoms with Gasteiger partial charge in [-0.15, -0.1) is 0 Å². The molecule has 1 aromatic heterocycles. The minimum atomic E-state index is -0.307. The molecule has 1 heterocycles. The van der Waals surface area contributed by atoms with E-state index in [0.717, 1.165) is 5.69 Å². The number of anilines is 1. The van der Waals surface area contributed by atoms with Crippen molar-refractivity contribution in [1.29, 1.82) is 0 Å². The number of oxazole rings is 1. The summed E-state index contributed by atoms with van der Waals surface area (Å²) in [6, 6.07) is 0.684. The van der Waals surface area contributed by atoms with E-state index in [0.29, 0.717) is 12.4 Å². The number of aliphatic hydroxyl groups is 1. The Bertz CT molecular complexity index is 258. The van der Waals surface area contributed by atoms with Crippen LogP contribution in [0.3, 0.4) is 0 Å². The van der Waals surface area contributed by atoms with Gasteiger partial charge in [-0.1, -0.05) is 0 Å². The number of nitrogens with one attached hydrogen (secondary N) is 1. The summed E-state index contributed by atoms with van der Waals surface area (Å²) in [5.74, 6) is 0. The van der Waals surface area contributed by atoms with Crippen molar-refractivity contribution in [3.63, 3.8) is 0 Å². The van der Waals surface area contributed by atoms with Gasteiger partial charge in [-0.3, -0.25) is 0 Å². The number of rotatable bonds is 4. The molecule has 0 aromatic carbocycles. The Kier molecular flexibility index (Phi) is 3.31. The van der Waals surface area contributed by atoms with Crippen molar-refractivity contribution < 1.29 is 9.52 Å². The molecule has 0 aliphatic carbocycles. The van der Waals surface area contributed by atoms with E-state index in [2.05, 4.69) is 10.3 Å². The van der Waals surface area contributed by atoms with Gasteiger partial charge in [0.05, 0.1) is 11.8 Å². The van der Waals surface area contributed by atoms with Crippen LogP contribution in [0.2, 0.25) is 0 Å². The third kappa shape index (κ3) is 3.46. The van der Waals surface area contributed by atoms with Gasteiger partial charge >= 0.3 is 0 Å². The summed E-state index contributed by atoms with van der Waals surface area (Å²) < 4.78 is 5.11. The summed E-state index contributed by atoms with van der Waals surface area (Å²) in [5, 5.41) is 12.2. The SMILES string of the molecule is Cc1coc(NC(C)CC(C)O)n1. The van der Waals surface area contributed by atoms with Crippen LogP contribution in [0.1, 0.15) is 26.0 Å². The van der Waals surface area contributed by atoms with Crippen LogP contribution in [-0.4, -0.2) is 22.2 Å². The normalized spacial score (nSPS) is 15.4. The van der Waals surface area contributed by atoms with Crippen LogP contribution in [0.25, 0.3) is 0 Å². The molecule has 0 spiro atoms. The maximum absolute atomic E-state index is 9.11. The van der Waals surface area contributed by atoms with Gasteiger partial charge in [0.2, 0.25) is 0 Å². The first-order chi connectivity index (χ1) is 6.08. The fourth-order valence-electron chi connectivity index (χ4n) is 1.20. The number of hydrogen-bond acceptors (Lipinski definition) is 4. The van der Waals surface area contributed by atoms with Gasteiger partial charge in [0.25, 0.3) is 6.01 Å². The summed E-state index contributed by atoms with van der Waals surface area (Å²) in [7, 11) is 0. The van der Waals surface area contributed by atoms with Crippen molar-refractivity contribution in [1.82, 2.24) is 4.98 Å². The van der Waals surface area contributed by atoms with Crippen LogP contribution in [0.4, 0.5) is 6.01 Å². The van der Waals surface area contributed by atoms with E-state index in [1.54, 1.807) is 13.2 Å². The Morgan fingerprint density at radius 1 is 1.62 bits per heavy atom. The van der Waals surface area contributed by atoms with Crippen molar-refractivity contribution in [2.75, 3.05) is 5.32 Å². The molecular formula is C9H16N2O2. The molecule has 74 valence electrons. The first kappa shape index (κ1) is 10.1. The maximum Gasteiger partial charge on any atom is 0.294 e. The zero-order chi connectivity index (χ0) is 9.84. The molecule has 0 saturated heterocycles. The average Bonchev–Trinajstić information content (AvgIpc) is 2.33. The molecule has 2 unspecified atom stereocenters. The standard InChI is InChI=1S/C9H16N2O2/c1-6(4-8(3)12)10-9-11-7(2)5-13-9/h5-6,8,12H,4H2,1-3H3,(H,10,11). The maximum atomic E-state index is 9.11. The van der Waals surface area contributed by atoms with Gasteiger partial charge in [0.1, 0.15) is 6.26 Å². The lowest BCUT2D eigenvalue weighted by molar-refractivity contribution is 0.179. The van der Waals surface area contributed by atoms with Crippen molar-refractivity contribution in [3.8, 4) is 0 Å². The van der Waals surface area contributed by atoms with E-state index in [-0.39, 0.29) is 12.1 Å². The molecule has 0 fully saturated rings. The second-order valence-electron chi connectivity index (χ2n) is 3.42. The van der Waals surface area contributed by atoms with Crippen molar-refractivity contribution >= 4 is 6.01 Å². The molecule has 0 saturated carbocycles. The Labute approximate surface area is 78.0 Å². The zero-order valence-electron chi connectivity index (χ0n) is 8.24. The van der Waals surface area contributed by atoms with Gasteiger partial charge < -0.3 is 14.8 Å². The van der Waals surface area contributed by atoms with Crippen molar-refractivity contribution in [2.45, 2.75) is 39.3 Å². The average molecular weight is 184 g/mol. The van der Waals surface area contributed by atoms with E-state index in [1.165, 1.54) is 0 Å². The lowest BCUT2D eigenvalue weighted by Crippen LogP contribution is -2.20. The van der Waals surface area contributed by atoms with Crippen LogP contribution >= 0.6 is 0 Å². The Balaban J connectivity index is 2.40. The second kappa shape index (κ2) is 4.28. The predicted octanol–water partition coefficient (Wildman–Crippen LogP) is 1.55. The molecule has 4 nitrogen and oxygen atoms in total. The smallest absolute Gasteiger partial charge is 0.294 e. The molecular weight excluding hydrogens is 168 g/mol. The van der Waals surface area contributed by atoms with Gasteiger partial charge in [-0.25, -0.2) is 0 Å². The Morgan fingerprint density at radius 2 is 2.31 bits per heavy atom. The van der Waals surface area contributed by atoms with E-state index < -0.39 is 0 Å². The number of aryl methyl sites for hydroxylation is 1. The van der Waals surface area contributed by atoms with E-state index >= 15 is 0 Å². The summed E-state index contributed by atoms with van der Waals surface area (Å²) in [6.45, 7) is 5.61. The lowest BCUT2D eigenvalue weighted by Gasteiger charge is -2.13. The predicted molar refractivity (Wildman–Crippen MR) is 50.6 cm³/mol. The monoisotopic (exact) mass is 184 g/mol. The summed E-state index contributed by atoms with van der Waals surface area (Å²) >= 11 is 0. The molecule has 13 heavy (non-hydrogen) atoms. The lowest BCUT2D eigenvalue weighted by atomic mass is 10.2. The number of hydrogen-bond donors (Lipinski definition) is 2. The fourth-order valence-corrected chi connectivity index (χ4v) is 1.20. The van der Waals surface area contributed by atoms with Gasteiger partial charge in [0, 0.05) is 6.04 Å². The third-order valence-electron chi connectivity index (χ3n) is 1.68. The molecule has 0 radical (unpaired) electrons. The highest BCUT2D eigenvalue weighted by Gasteiger charge is 2.08. The molecule has 0 aliphatic rings. The van der Waals surface area contributed by atoms with Crippen LogP contribution in [0, 0.1) is 6.92 Å². The highest BCUT2D eigenvalue weighted by molar-refractivity contribution is 5.22. The van der Waals surface area contributed by atoms with Crippen molar-refractivity contribution in [3.05, 3.63) is 12.0 Å². The largest absolute Gasteiger partial charge is 0.432 e. The van der Waals surface area contributed by atoms with E-state index in [4.69, 9.17) is 9.52 Å². The fraction of sp³-hybridized carbons (Fsp3) is 0.667. The number of aliphatic hydroxyl groups excluding tert-OH is 1. The summed E-state index contributed by atoms with van der Waals surface area (Å²) in [5.41, 5.74) is 0.853. The molecule has 0 amide bonds. The van der Waals surface area contributed by atoms with Crippen molar-refractivity contribution in [2.24, 2.45) is 0 Å². The first-order valence-electron chi connectivity index (χ1n) is 4.44. The second-order valence-corrected chi connectivity index (χ2v) is 3.42. The molecule has 0 bridgehead atoms. The molecule has 2 N–H and O–H groups in total. The molecule has 0 aliphatic heterocycles. The molecule has 1 aromatic rings. The Morgan fingerprint density at radius 3 is 2.77 bits per heavy atom. The summed E-state index contributed by atoms with van der Waals surface area (Å²) in [6.07, 6.45) is 1.97. The summed E-state index contributed by atoms with van der Waals surface area (Å²) in [4.78, 5) is 4.10. The first-order valence-corrected chi connectivity index (χ1v) is 4.44.